The second-order valence-electron chi connectivity index (χ2n) is 6.46. The van der Waals surface area contributed by atoms with Crippen LogP contribution in [0.2, 0.25) is 0 Å². The van der Waals surface area contributed by atoms with Crippen LogP contribution in [0.1, 0.15) is 61.8 Å². The molecule has 0 spiro atoms. The fraction of sp³-hybridized carbons (Fsp3) is 0.611. The first-order valence-corrected chi connectivity index (χ1v) is 8.39. The van der Waals surface area contributed by atoms with Crippen LogP contribution in [0.15, 0.2) is 18.2 Å². The van der Waals surface area contributed by atoms with E-state index in [-0.39, 0.29) is 18.0 Å². The highest BCUT2D eigenvalue weighted by Gasteiger charge is 2.22. The van der Waals surface area contributed by atoms with Crippen molar-refractivity contribution in [2.45, 2.75) is 64.0 Å². The fourth-order valence-electron chi connectivity index (χ4n) is 3.52. The van der Waals surface area contributed by atoms with E-state index in [0.29, 0.717) is 0 Å². The standard InChI is InChI=1S/C18H26N2O/c1-13(20-17-8-4-5-11-19-18(17)21)15-10-9-14-6-2-3-7-16(14)12-15/h9-10,12-13,17,20H,2-8,11H2,1H3,(H,19,21)/t13-,17-/m1/s1. The van der Waals surface area contributed by atoms with Crippen LogP contribution in [0.5, 0.6) is 0 Å². The smallest absolute Gasteiger partial charge is 0.237 e. The minimum absolute atomic E-state index is 0.0430. The molecule has 0 unspecified atom stereocenters. The van der Waals surface area contributed by atoms with Crippen molar-refractivity contribution in [2.24, 2.45) is 0 Å². The maximum Gasteiger partial charge on any atom is 0.237 e. The van der Waals surface area contributed by atoms with Gasteiger partial charge in [-0.15, -0.1) is 0 Å². The second-order valence-corrected chi connectivity index (χ2v) is 6.46. The van der Waals surface area contributed by atoms with Gasteiger partial charge in [0.25, 0.3) is 0 Å². The molecule has 1 aliphatic carbocycles. The second kappa shape index (κ2) is 6.61. The van der Waals surface area contributed by atoms with E-state index < -0.39 is 0 Å². The molecule has 1 fully saturated rings. The number of fused-ring (bicyclic) bond motifs is 1. The largest absolute Gasteiger partial charge is 0.355 e. The van der Waals surface area contributed by atoms with E-state index in [1.807, 2.05) is 0 Å². The minimum atomic E-state index is -0.0430. The van der Waals surface area contributed by atoms with Crippen LogP contribution < -0.4 is 10.6 Å². The number of aryl methyl sites for hydroxylation is 2. The van der Waals surface area contributed by atoms with Gasteiger partial charge >= 0.3 is 0 Å². The molecule has 2 atom stereocenters. The van der Waals surface area contributed by atoms with Crippen molar-refractivity contribution < 1.29 is 4.79 Å². The molecule has 1 aliphatic heterocycles. The van der Waals surface area contributed by atoms with E-state index in [9.17, 15) is 4.79 Å². The Morgan fingerprint density at radius 1 is 1.14 bits per heavy atom. The summed E-state index contributed by atoms with van der Waals surface area (Å²) in [6.07, 6.45) is 8.22. The Balaban J connectivity index is 1.69. The average molecular weight is 286 g/mol. The fourth-order valence-corrected chi connectivity index (χ4v) is 3.52. The third kappa shape index (κ3) is 3.46. The highest BCUT2D eigenvalue weighted by molar-refractivity contribution is 5.81. The molecule has 0 bridgehead atoms. The van der Waals surface area contributed by atoms with Crippen molar-refractivity contribution in [1.82, 2.24) is 10.6 Å². The Morgan fingerprint density at radius 3 is 2.81 bits per heavy atom. The summed E-state index contributed by atoms with van der Waals surface area (Å²) in [6.45, 7) is 2.99. The molecule has 1 saturated heterocycles. The molecule has 2 aliphatic rings. The van der Waals surface area contributed by atoms with E-state index in [2.05, 4.69) is 35.8 Å². The highest BCUT2D eigenvalue weighted by Crippen LogP contribution is 2.25. The van der Waals surface area contributed by atoms with Crippen molar-refractivity contribution in [2.75, 3.05) is 6.54 Å². The molecular weight excluding hydrogens is 260 g/mol. The summed E-state index contributed by atoms with van der Waals surface area (Å²) in [5.74, 6) is 0.164. The van der Waals surface area contributed by atoms with Gasteiger partial charge in [0.05, 0.1) is 6.04 Å². The van der Waals surface area contributed by atoms with Gasteiger partial charge in [-0.1, -0.05) is 18.2 Å². The SMILES string of the molecule is C[C@@H](N[C@@H]1CCCCNC1=O)c1ccc2c(c1)CCCC2. The van der Waals surface area contributed by atoms with Crippen molar-refractivity contribution in [1.29, 1.82) is 0 Å². The summed E-state index contributed by atoms with van der Waals surface area (Å²) in [4.78, 5) is 12.0. The summed E-state index contributed by atoms with van der Waals surface area (Å²) in [6, 6.07) is 7.05. The lowest BCUT2D eigenvalue weighted by molar-refractivity contribution is -0.123. The quantitative estimate of drug-likeness (QED) is 0.897. The summed E-state index contributed by atoms with van der Waals surface area (Å²) >= 11 is 0. The lowest BCUT2D eigenvalue weighted by Crippen LogP contribution is -2.43. The average Bonchev–Trinajstić information content (AvgIpc) is 2.72. The molecule has 0 radical (unpaired) electrons. The molecule has 0 saturated carbocycles. The third-order valence-corrected chi connectivity index (χ3v) is 4.86. The molecule has 2 N–H and O–H groups in total. The first-order chi connectivity index (χ1) is 10.2. The van der Waals surface area contributed by atoms with Crippen LogP contribution in [-0.4, -0.2) is 18.5 Å². The number of benzene rings is 1. The van der Waals surface area contributed by atoms with Gasteiger partial charge in [0.2, 0.25) is 5.91 Å². The van der Waals surface area contributed by atoms with Crippen molar-refractivity contribution in [3.05, 3.63) is 34.9 Å². The maximum atomic E-state index is 12.0. The lowest BCUT2D eigenvalue weighted by atomic mass is 9.89. The summed E-state index contributed by atoms with van der Waals surface area (Å²) in [7, 11) is 0. The molecule has 3 heteroatoms. The summed E-state index contributed by atoms with van der Waals surface area (Å²) in [5.41, 5.74) is 4.34. The predicted octanol–water partition coefficient (Wildman–Crippen LogP) is 2.88. The Hall–Kier alpha value is -1.35. The molecular formula is C18H26N2O. The van der Waals surface area contributed by atoms with E-state index >= 15 is 0 Å². The normalized spacial score (nSPS) is 23.9. The van der Waals surface area contributed by atoms with Gasteiger partial charge < -0.3 is 5.32 Å². The first-order valence-electron chi connectivity index (χ1n) is 8.39. The maximum absolute atomic E-state index is 12.0. The van der Waals surface area contributed by atoms with Crippen LogP contribution in [0.25, 0.3) is 0 Å². The zero-order valence-corrected chi connectivity index (χ0v) is 13.0. The monoisotopic (exact) mass is 286 g/mol. The Kier molecular flexibility index (Phi) is 4.59. The van der Waals surface area contributed by atoms with Crippen LogP contribution >= 0.6 is 0 Å². The number of hydrogen-bond donors (Lipinski definition) is 2. The molecule has 0 aromatic heterocycles. The van der Waals surface area contributed by atoms with Crippen molar-refractivity contribution in [3.8, 4) is 0 Å². The van der Waals surface area contributed by atoms with Gasteiger partial charge in [-0.05, 0) is 68.6 Å². The predicted molar refractivity (Wildman–Crippen MR) is 85.3 cm³/mol. The number of carbonyl (C=O) groups is 1. The molecule has 114 valence electrons. The van der Waals surface area contributed by atoms with Gasteiger partial charge in [-0.3, -0.25) is 10.1 Å². The zero-order valence-electron chi connectivity index (χ0n) is 13.0. The van der Waals surface area contributed by atoms with Crippen molar-refractivity contribution >= 4 is 5.91 Å². The first kappa shape index (κ1) is 14.6. The third-order valence-electron chi connectivity index (χ3n) is 4.86. The number of rotatable bonds is 3. The molecule has 3 rings (SSSR count). The van der Waals surface area contributed by atoms with E-state index in [0.717, 1.165) is 25.8 Å². The molecule has 1 amide bonds. The van der Waals surface area contributed by atoms with Gasteiger partial charge in [-0.25, -0.2) is 0 Å². The van der Waals surface area contributed by atoms with Crippen molar-refractivity contribution in [3.63, 3.8) is 0 Å². The van der Waals surface area contributed by atoms with Gasteiger partial charge in [0.15, 0.2) is 0 Å². The Bertz CT molecular complexity index is 512. The van der Waals surface area contributed by atoms with Crippen LogP contribution in [-0.2, 0) is 17.6 Å². The lowest BCUT2D eigenvalue weighted by Gasteiger charge is -2.23. The highest BCUT2D eigenvalue weighted by atomic mass is 16.2. The van der Waals surface area contributed by atoms with E-state index in [1.165, 1.54) is 42.4 Å². The number of hydrogen-bond acceptors (Lipinski definition) is 2. The zero-order chi connectivity index (χ0) is 14.7. The van der Waals surface area contributed by atoms with Crippen LogP contribution in [0, 0.1) is 0 Å². The topological polar surface area (TPSA) is 41.1 Å². The molecule has 1 aromatic carbocycles. The molecule has 1 aromatic rings. The van der Waals surface area contributed by atoms with Gasteiger partial charge in [-0.2, -0.15) is 0 Å². The Labute approximate surface area is 127 Å². The number of carbonyl (C=O) groups excluding carboxylic acids is 1. The van der Waals surface area contributed by atoms with E-state index in [1.54, 1.807) is 0 Å². The number of amides is 1. The molecule has 21 heavy (non-hydrogen) atoms. The minimum Gasteiger partial charge on any atom is -0.355 e. The van der Waals surface area contributed by atoms with Crippen LogP contribution in [0.4, 0.5) is 0 Å². The van der Waals surface area contributed by atoms with E-state index in [4.69, 9.17) is 0 Å². The van der Waals surface area contributed by atoms with Crippen LogP contribution in [0.3, 0.4) is 0 Å². The molecule has 1 heterocycles. The molecule has 3 nitrogen and oxygen atoms in total. The number of nitrogens with one attached hydrogen (secondary N) is 2. The summed E-state index contributed by atoms with van der Waals surface area (Å²) < 4.78 is 0. The van der Waals surface area contributed by atoms with Gasteiger partial charge in [0.1, 0.15) is 0 Å². The summed E-state index contributed by atoms with van der Waals surface area (Å²) in [5, 5.41) is 6.52. The Morgan fingerprint density at radius 2 is 1.95 bits per heavy atom. The van der Waals surface area contributed by atoms with Gasteiger partial charge in [0, 0.05) is 12.6 Å².